The summed E-state index contributed by atoms with van der Waals surface area (Å²) in [6, 6.07) is 16.6. The van der Waals surface area contributed by atoms with E-state index in [1.807, 2.05) is 38.1 Å². The maximum absolute atomic E-state index is 5.75. The van der Waals surface area contributed by atoms with E-state index in [0.717, 1.165) is 11.5 Å². The van der Waals surface area contributed by atoms with Crippen LogP contribution in [0.15, 0.2) is 48.5 Å². The number of halogens is 2. The molecule has 160 valence electrons. The van der Waals surface area contributed by atoms with Gasteiger partial charge in [-0.15, -0.1) is 0 Å². The third kappa shape index (κ3) is 8.59. The molecule has 0 radical (unpaired) electrons. The average molecular weight is 624 g/mol. The molecule has 4 nitrogen and oxygen atoms in total. The number of benzene rings is 2. The van der Waals surface area contributed by atoms with Crippen LogP contribution in [0.25, 0.3) is 0 Å². The SMILES string of the molecule is CC(I)OCCOc1ccc(C(C)(C)c2ccc(OCCOC(C)I)cc2)cc1. The molecule has 0 N–H and O–H groups in total. The third-order valence-corrected chi connectivity index (χ3v) is 5.27. The Morgan fingerprint density at radius 1 is 0.655 bits per heavy atom. The highest BCUT2D eigenvalue weighted by Gasteiger charge is 2.23. The minimum absolute atomic E-state index is 0.115. The summed E-state index contributed by atoms with van der Waals surface area (Å²) in [5.74, 6) is 1.72. The summed E-state index contributed by atoms with van der Waals surface area (Å²) in [5, 5.41) is 0. The summed E-state index contributed by atoms with van der Waals surface area (Å²) in [5.41, 5.74) is 2.36. The van der Waals surface area contributed by atoms with Gasteiger partial charge in [0.25, 0.3) is 0 Å². The Bertz CT molecular complexity index is 651. The van der Waals surface area contributed by atoms with Crippen LogP contribution in [-0.4, -0.2) is 34.6 Å². The lowest BCUT2D eigenvalue weighted by Crippen LogP contribution is -2.19. The smallest absolute Gasteiger partial charge is 0.119 e. The molecule has 2 atom stereocenters. The first-order valence-corrected chi connectivity index (χ1v) is 12.3. The van der Waals surface area contributed by atoms with Gasteiger partial charge in [0.1, 0.15) is 32.9 Å². The van der Waals surface area contributed by atoms with E-state index >= 15 is 0 Å². The molecule has 6 heteroatoms. The van der Waals surface area contributed by atoms with Crippen LogP contribution >= 0.6 is 45.2 Å². The molecular weight excluding hydrogens is 594 g/mol. The van der Waals surface area contributed by atoms with Crippen molar-refractivity contribution in [1.29, 1.82) is 0 Å². The van der Waals surface area contributed by atoms with Crippen molar-refractivity contribution in [2.45, 2.75) is 41.3 Å². The molecule has 0 aromatic heterocycles. The van der Waals surface area contributed by atoms with Crippen LogP contribution in [-0.2, 0) is 14.9 Å². The van der Waals surface area contributed by atoms with E-state index in [1.54, 1.807) is 0 Å². The van der Waals surface area contributed by atoms with E-state index in [-0.39, 0.29) is 13.6 Å². The minimum Gasteiger partial charge on any atom is -0.491 e. The average Bonchev–Trinajstić information content (AvgIpc) is 2.69. The van der Waals surface area contributed by atoms with Crippen LogP contribution in [0.3, 0.4) is 0 Å². The Hall–Kier alpha value is -0.580. The molecule has 0 aliphatic heterocycles. The molecule has 0 amide bonds. The highest BCUT2D eigenvalue weighted by atomic mass is 127. The first-order valence-electron chi connectivity index (χ1n) is 9.77. The van der Waals surface area contributed by atoms with E-state index in [4.69, 9.17) is 18.9 Å². The highest BCUT2D eigenvalue weighted by Crippen LogP contribution is 2.33. The summed E-state index contributed by atoms with van der Waals surface area (Å²) in [7, 11) is 0. The van der Waals surface area contributed by atoms with E-state index in [0.29, 0.717) is 26.4 Å². The fourth-order valence-electron chi connectivity index (χ4n) is 2.84. The monoisotopic (exact) mass is 624 g/mol. The minimum atomic E-state index is -0.115. The maximum Gasteiger partial charge on any atom is 0.119 e. The third-order valence-electron chi connectivity index (χ3n) is 4.55. The molecule has 0 fully saturated rings. The normalized spacial score (nSPS) is 13.7. The standard InChI is InChI=1S/C23H30I2O4/c1-17(24)26-13-15-28-21-9-5-19(6-10-21)23(3,4)20-7-11-22(12-8-20)29-16-14-27-18(2)25/h5-12,17-18H,13-16H2,1-4H3. The van der Waals surface area contributed by atoms with Gasteiger partial charge in [0.05, 0.1) is 13.2 Å². The van der Waals surface area contributed by atoms with Crippen molar-refractivity contribution in [2.75, 3.05) is 26.4 Å². The van der Waals surface area contributed by atoms with Crippen molar-refractivity contribution in [1.82, 2.24) is 0 Å². The molecule has 2 aromatic carbocycles. The van der Waals surface area contributed by atoms with Crippen LogP contribution in [0.4, 0.5) is 0 Å². The van der Waals surface area contributed by atoms with Gasteiger partial charge in [-0.05, 0) is 49.2 Å². The largest absolute Gasteiger partial charge is 0.491 e. The zero-order chi connectivity index (χ0) is 21.3. The van der Waals surface area contributed by atoms with E-state index in [1.165, 1.54) is 11.1 Å². The zero-order valence-electron chi connectivity index (χ0n) is 17.5. The Kier molecular flexibility index (Phi) is 10.5. The summed E-state index contributed by atoms with van der Waals surface area (Å²) >= 11 is 4.47. The molecule has 0 aliphatic carbocycles. The van der Waals surface area contributed by atoms with Gasteiger partial charge in [0.2, 0.25) is 0 Å². The second kappa shape index (κ2) is 12.3. The topological polar surface area (TPSA) is 36.9 Å². The predicted molar refractivity (Wildman–Crippen MR) is 135 cm³/mol. The van der Waals surface area contributed by atoms with Crippen molar-refractivity contribution in [2.24, 2.45) is 0 Å². The first kappa shape index (κ1) is 24.7. The Morgan fingerprint density at radius 2 is 1.00 bits per heavy atom. The molecular formula is C23H30I2O4. The van der Waals surface area contributed by atoms with Crippen molar-refractivity contribution in [3.05, 3.63) is 59.7 Å². The number of rotatable bonds is 12. The van der Waals surface area contributed by atoms with Gasteiger partial charge in [-0.25, -0.2) is 0 Å². The molecule has 2 rings (SSSR count). The summed E-state index contributed by atoms with van der Waals surface area (Å²) in [6.07, 6.45) is 0. The van der Waals surface area contributed by atoms with Crippen LogP contribution in [0.1, 0.15) is 38.8 Å². The Morgan fingerprint density at radius 3 is 1.31 bits per heavy atom. The van der Waals surface area contributed by atoms with E-state index in [9.17, 15) is 0 Å². The van der Waals surface area contributed by atoms with E-state index < -0.39 is 0 Å². The van der Waals surface area contributed by atoms with E-state index in [2.05, 4.69) is 83.3 Å². The van der Waals surface area contributed by atoms with Crippen molar-refractivity contribution in [3.8, 4) is 11.5 Å². The Balaban J connectivity index is 1.91. The highest BCUT2D eigenvalue weighted by molar-refractivity contribution is 14.1. The van der Waals surface area contributed by atoms with Crippen molar-refractivity contribution < 1.29 is 18.9 Å². The number of hydrogen-bond donors (Lipinski definition) is 0. The lowest BCUT2D eigenvalue weighted by Gasteiger charge is -2.26. The summed E-state index contributed by atoms with van der Waals surface area (Å²) < 4.78 is 22.9. The molecule has 0 saturated heterocycles. The first-order chi connectivity index (χ1) is 13.8. The van der Waals surface area contributed by atoms with Gasteiger partial charge < -0.3 is 18.9 Å². The molecule has 0 bridgehead atoms. The van der Waals surface area contributed by atoms with Crippen molar-refractivity contribution >= 4 is 45.2 Å². The molecule has 0 spiro atoms. The van der Waals surface area contributed by atoms with Crippen LogP contribution in [0, 0.1) is 0 Å². The molecule has 0 saturated carbocycles. The van der Waals surface area contributed by atoms with Gasteiger partial charge >= 0.3 is 0 Å². The van der Waals surface area contributed by atoms with Crippen LogP contribution in [0.5, 0.6) is 11.5 Å². The van der Waals surface area contributed by atoms with Crippen LogP contribution in [0.2, 0.25) is 0 Å². The zero-order valence-corrected chi connectivity index (χ0v) is 21.8. The fraction of sp³-hybridized carbons (Fsp3) is 0.478. The van der Waals surface area contributed by atoms with Gasteiger partial charge in [0, 0.05) is 5.41 Å². The second-order valence-corrected chi connectivity index (χ2v) is 10.7. The maximum atomic E-state index is 5.75. The Labute approximate surface area is 201 Å². The van der Waals surface area contributed by atoms with Crippen molar-refractivity contribution in [3.63, 3.8) is 0 Å². The van der Waals surface area contributed by atoms with Gasteiger partial charge in [0.15, 0.2) is 0 Å². The van der Waals surface area contributed by atoms with Crippen LogP contribution < -0.4 is 9.47 Å². The number of alkyl halides is 2. The molecule has 2 unspecified atom stereocenters. The molecule has 0 aliphatic rings. The lowest BCUT2D eigenvalue weighted by atomic mass is 9.78. The second-order valence-electron chi connectivity index (χ2n) is 7.20. The summed E-state index contributed by atoms with van der Waals surface area (Å²) in [6.45, 7) is 10.8. The quantitative estimate of drug-likeness (QED) is 0.157. The number of hydrogen-bond acceptors (Lipinski definition) is 4. The van der Waals surface area contributed by atoms with Gasteiger partial charge in [-0.2, -0.15) is 0 Å². The predicted octanol–water partition coefficient (Wildman–Crippen LogP) is 6.37. The molecule has 2 aromatic rings. The van der Waals surface area contributed by atoms with Gasteiger partial charge in [-0.3, -0.25) is 0 Å². The van der Waals surface area contributed by atoms with Gasteiger partial charge in [-0.1, -0.05) is 83.3 Å². The fourth-order valence-corrected chi connectivity index (χ4v) is 3.35. The molecule has 29 heavy (non-hydrogen) atoms. The molecule has 0 heterocycles. The number of ether oxygens (including phenoxy) is 4. The lowest BCUT2D eigenvalue weighted by molar-refractivity contribution is 0.0998. The summed E-state index contributed by atoms with van der Waals surface area (Å²) in [4.78, 5) is 0.